The summed E-state index contributed by atoms with van der Waals surface area (Å²) in [7, 11) is 0. The molecule has 0 radical (unpaired) electrons. The molecule has 0 rings (SSSR count). The van der Waals surface area contributed by atoms with Crippen LogP contribution in [0.25, 0.3) is 0 Å². The number of rotatable bonds is 5. The van der Waals surface area contributed by atoms with E-state index in [0.29, 0.717) is 0 Å². The largest absolute Gasteiger partial charge is 0.396 e. The molecule has 2 N–H and O–H groups in total. The summed E-state index contributed by atoms with van der Waals surface area (Å²) >= 11 is 0. The molecule has 68 valence electrons. The highest BCUT2D eigenvalue weighted by molar-refractivity contribution is 4.68. The number of aliphatic hydroxyl groups excluding tert-OH is 2. The Morgan fingerprint density at radius 2 is 1.82 bits per heavy atom. The molecule has 11 heavy (non-hydrogen) atoms. The molecule has 0 amide bonds. The van der Waals surface area contributed by atoms with Crippen LogP contribution in [-0.2, 0) is 0 Å². The minimum Gasteiger partial charge on any atom is -0.396 e. The van der Waals surface area contributed by atoms with Crippen molar-refractivity contribution in [2.24, 2.45) is 5.41 Å². The summed E-state index contributed by atoms with van der Waals surface area (Å²) in [6, 6.07) is 0. The molecular formula is C9H20O2. The lowest BCUT2D eigenvalue weighted by Crippen LogP contribution is -2.15. The minimum atomic E-state index is -0.215. The van der Waals surface area contributed by atoms with Crippen molar-refractivity contribution in [2.45, 2.75) is 46.1 Å². The Bertz CT molecular complexity index is 97.7. The summed E-state index contributed by atoms with van der Waals surface area (Å²) in [6.07, 6.45) is 2.41. The molecule has 2 nitrogen and oxygen atoms in total. The van der Waals surface area contributed by atoms with Gasteiger partial charge in [-0.05, 0) is 31.6 Å². The van der Waals surface area contributed by atoms with E-state index in [1.54, 1.807) is 6.92 Å². The van der Waals surface area contributed by atoms with E-state index in [1.165, 1.54) is 0 Å². The molecule has 0 bridgehead atoms. The summed E-state index contributed by atoms with van der Waals surface area (Å²) in [5, 5.41) is 17.7. The number of hydrogen-bond acceptors (Lipinski definition) is 2. The molecule has 0 saturated carbocycles. The van der Waals surface area contributed by atoms with Crippen LogP contribution in [0.15, 0.2) is 0 Å². The lowest BCUT2D eigenvalue weighted by Gasteiger charge is -2.23. The normalized spacial score (nSPS) is 15.0. The van der Waals surface area contributed by atoms with E-state index in [4.69, 9.17) is 10.2 Å². The zero-order chi connectivity index (χ0) is 8.91. The summed E-state index contributed by atoms with van der Waals surface area (Å²) in [4.78, 5) is 0. The van der Waals surface area contributed by atoms with Crippen LogP contribution in [0.3, 0.4) is 0 Å². The van der Waals surface area contributed by atoms with Crippen molar-refractivity contribution < 1.29 is 10.2 Å². The van der Waals surface area contributed by atoms with Gasteiger partial charge < -0.3 is 10.2 Å². The second-order valence-electron chi connectivity index (χ2n) is 4.03. The van der Waals surface area contributed by atoms with Crippen molar-refractivity contribution in [3.05, 3.63) is 0 Å². The fourth-order valence-corrected chi connectivity index (χ4v) is 1.03. The van der Waals surface area contributed by atoms with Crippen LogP contribution < -0.4 is 0 Å². The van der Waals surface area contributed by atoms with Crippen molar-refractivity contribution in [1.29, 1.82) is 0 Å². The maximum atomic E-state index is 9.02. The SMILES string of the molecule is CC(O)CCC(C)(C)CCO. The van der Waals surface area contributed by atoms with Crippen LogP contribution in [0.2, 0.25) is 0 Å². The lowest BCUT2D eigenvalue weighted by atomic mass is 9.84. The molecule has 0 aliphatic heterocycles. The third-order valence-electron chi connectivity index (χ3n) is 2.03. The van der Waals surface area contributed by atoms with E-state index in [2.05, 4.69) is 13.8 Å². The Balaban J connectivity index is 3.54. The molecule has 1 atom stereocenters. The zero-order valence-electron chi connectivity index (χ0n) is 7.80. The fraction of sp³-hybridized carbons (Fsp3) is 1.00. The number of hydrogen-bond donors (Lipinski definition) is 2. The predicted molar refractivity (Wildman–Crippen MR) is 46.4 cm³/mol. The lowest BCUT2D eigenvalue weighted by molar-refractivity contribution is 0.142. The molecule has 2 heteroatoms. The van der Waals surface area contributed by atoms with E-state index in [0.717, 1.165) is 19.3 Å². The second kappa shape index (κ2) is 4.73. The van der Waals surface area contributed by atoms with E-state index in [-0.39, 0.29) is 18.1 Å². The van der Waals surface area contributed by atoms with Crippen molar-refractivity contribution in [3.63, 3.8) is 0 Å². The molecule has 1 unspecified atom stereocenters. The quantitative estimate of drug-likeness (QED) is 0.640. The first kappa shape index (κ1) is 10.9. The van der Waals surface area contributed by atoms with E-state index < -0.39 is 0 Å². The highest BCUT2D eigenvalue weighted by Crippen LogP contribution is 2.26. The molecule has 0 fully saturated rings. The van der Waals surface area contributed by atoms with Crippen molar-refractivity contribution in [3.8, 4) is 0 Å². The van der Waals surface area contributed by atoms with Gasteiger partial charge in [0, 0.05) is 6.61 Å². The van der Waals surface area contributed by atoms with Crippen LogP contribution in [0.5, 0.6) is 0 Å². The monoisotopic (exact) mass is 160 g/mol. The Kier molecular flexibility index (Phi) is 4.69. The average molecular weight is 160 g/mol. The van der Waals surface area contributed by atoms with Crippen molar-refractivity contribution >= 4 is 0 Å². The molecule has 0 aliphatic carbocycles. The first-order valence-corrected chi connectivity index (χ1v) is 4.27. The summed E-state index contributed by atoms with van der Waals surface area (Å²) in [5.41, 5.74) is 0.172. The van der Waals surface area contributed by atoms with Crippen LogP contribution in [0.4, 0.5) is 0 Å². The average Bonchev–Trinajstić information content (AvgIpc) is 1.84. The van der Waals surface area contributed by atoms with Gasteiger partial charge in [0.15, 0.2) is 0 Å². The Morgan fingerprint density at radius 1 is 1.27 bits per heavy atom. The first-order chi connectivity index (χ1) is 4.98. The third-order valence-corrected chi connectivity index (χ3v) is 2.03. The smallest absolute Gasteiger partial charge is 0.0512 e. The van der Waals surface area contributed by atoms with Gasteiger partial charge in [-0.3, -0.25) is 0 Å². The Morgan fingerprint density at radius 3 is 2.18 bits per heavy atom. The van der Waals surface area contributed by atoms with Gasteiger partial charge in [0.05, 0.1) is 6.10 Å². The van der Waals surface area contributed by atoms with Gasteiger partial charge in [-0.1, -0.05) is 13.8 Å². The first-order valence-electron chi connectivity index (χ1n) is 4.27. The van der Waals surface area contributed by atoms with Crippen molar-refractivity contribution in [2.75, 3.05) is 6.61 Å². The molecule has 0 aromatic rings. The molecule has 0 aromatic carbocycles. The van der Waals surface area contributed by atoms with E-state index >= 15 is 0 Å². The maximum Gasteiger partial charge on any atom is 0.0512 e. The Labute approximate surface area is 69.2 Å². The van der Waals surface area contributed by atoms with Gasteiger partial charge in [0.25, 0.3) is 0 Å². The predicted octanol–water partition coefficient (Wildman–Crippen LogP) is 1.56. The Hall–Kier alpha value is -0.0800. The van der Waals surface area contributed by atoms with Gasteiger partial charge >= 0.3 is 0 Å². The molecule has 0 saturated heterocycles. The standard InChI is InChI=1S/C9H20O2/c1-8(11)4-5-9(2,3)6-7-10/h8,10-11H,4-7H2,1-3H3. The fourth-order valence-electron chi connectivity index (χ4n) is 1.03. The van der Waals surface area contributed by atoms with Crippen LogP contribution >= 0.6 is 0 Å². The molecule has 0 spiro atoms. The zero-order valence-corrected chi connectivity index (χ0v) is 7.80. The summed E-state index contributed by atoms with van der Waals surface area (Å²) < 4.78 is 0. The second-order valence-corrected chi connectivity index (χ2v) is 4.03. The van der Waals surface area contributed by atoms with Crippen molar-refractivity contribution in [1.82, 2.24) is 0 Å². The maximum absolute atomic E-state index is 9.02. The minimum absolute atomic E-state index is 0.172. The van der Waals surface area contributed by atoms with Crippen LogP contribution in [0.1, 0.15) is 40.0 Å². The van der Waals surface area contributed by atoms with E-state index in [9.17, 15) is 0 Å². The van der Waals surface area contributed by atoms with Gasteiger partial charge in [0.1, 0.15) is 0 Å². The molecule has 0 aromatic heterocycles. The highest BCUT2D eigenvalue weighted by atomic mass is 16.3. The number of aliphatic hydroxyl groups is 2. The van der Waals surface area contributed by atoms with E-state index in [1.807, 2.05) is 0 Å². The molecule has 0 heterocycles. The third kappa shape index (κ3) is 6.32. The highest BCUT2D eigenvalue weighted by Gasteiger charge is 2.17. The van der Waals surface area contributed by atoms with Gasteiger partial charge in [-0.2, -0.15) is 0 Å². The summed E-state index contributed by atoms with van der Waals surface area (Å²) in [6.45, 7) is 6.28. The van der Waals surface area contributed by atoms with Crippen LogP contribution in [-0.4, -0.2) is 22.9 Å². The molecular weight excluding hydrogens is 140 g/mol. The van der Waals surface area contributed by atoms with Crippen LogP contribution in [0, 0.1) is 5.41 Å². The van der Waals surface area contributed by atoms with Gasteiger partial charge in [-0.25, -0.2) is 0 Å². The van der Waals surface area contributed by atoms with Gasteiger partial charge in [-0.15, -0.1) is 0 Å². The summed E-state index contributed by atoms with van der Waals surface area (Å²) in [5.74, 6) is 0. The topological polar surface area (TPSA) is 40.5 Å². The molecule has 0 aliphatic rings. The van der Waals surface area contributed by atoms with Gasteiger partial charge in [0.2, 0.25) is 0 Å².